The lowest BCUT2D eigenvalue weighted by molar-refractivity contribution is 1.12. The van der Waals surface area contributed by atoms with Crippen LogP contribution in [0.4, 0.5) is 0 Å². The smallest absolute Gasteiger partial charge is 0.00106 e. The first-order chi connectivity index (χ1) is 13.4. The van der Waals surface area contributed by atoms with Gasteiger partial charge in [-0.05, 0) is 74.9 Å². The van der Waals surface area contributed by atoms with Gasteiger partial charge >= 0.3 is 0 Å². The molecule has 0 atom stereocenters. The summed E-state index contributed by atoms with van der Waals surface area (Å²) < 4.78 is 0. The molecule has 0 heterocycles. The van der Waals surface area contributed by atoms with Gasteiger partial charge in [-0.15, -0.1) is 0 Å². The van der Waals surface area contributed by atoms with Gasteiger partial charge in [0.15, 0.2) is 0 Å². The van der Waals surface area contributed by atoms with E-state index in [1.54, 1.807) is 0 Å². The molecule has 2 aliphatic carbocycles. The highest BCUT2D eigenvalue weighted by molar-refractivity contribution is 5.79. The van der Waals surface area contributed by atoms with Crippen molar-refractivity contribution >= 4 is 0 Å². The summed E-state index contributed by atoms with van der Waals surface area (Å²) in [6.45, 7) is 0. The minimum atomic E-state index is 1.01. The predicted octanol–water partition coefficient (Wildman–Crippen LogP) is 6.42. The molecule has 128 valence electrons. The van der Waals surface area contributed by atoms with Gasteiger partial charge in [0.05, 0.1) is 0 Å². The highest BCUT2D eigenvalue weighted by atomic mass is 14.3. The molecule has 0 heteroatoms. The number of fused-ring (bicyclic) bond motifs is 6. The maximum Gasteiger partial charge on any atom is -0.00106 e. The normalized spacial score (nSPS) is 13.0. The molecule has 4 aromatic rings. The Hall–Kier alpha value is -3.12. The van der Waals surface area contributed by atoms with Crippen LogP contribution in [0, 0.1) is 0 Å². The third-order valence-electron chi connectivity index (χ3n) is 6.21. The van der Waals surface area contributed by atoms with Crippen LogP contribution in [0.2, 0.25) is 0 Å². The van der Waals surface area contributed by atoms with Gasteiger partial charge in [0.1, 0.15) is 0 Å². The van der Waals surface area contributed by atoms with Crippen LogP contribution in [-0.4, -0.2) is 0 Å². The van der Waals surface area contributed by atoms with Gasteiger partial charge < -0.3 is 0 Å². The molecular formula is C27H20. The Morgan fingerprint density at radius 2 is 1.19 bits per heavy atom. The second-order valence-electron chi connectivity index (χ2n) is 7.78. The average molecular weight is 344 g/mol. The van der Waals surface area contributed by atoms with Crippen molar-refractivity contribution in [3.63, 3.8) is 0 Å². The zero-order valence-electron chi connectivity index (χ0n) is 15.2. The van der Waals surface area contributed by atoms with E-state index in [2.05, 4.69) is 84.9 Å². The van der Waals surface area contributed by atoms with Gasteiger partial charge in [-0.3, -0.25) is 0 Å². The molecule has 0 radical (unpaired) electrons. The van der Waals surface area contributed by atoms with Crippen molar-refractivity contribution in [1.29, 1.82) is 0 Å². The van der Waals surface area contributed by atoms with Crippen molar-refractivity contribution in [2.45, 2.75) is 19.3 Å². The van der Waals surface area contributed by atoms with E-state index in [0.717, 1.165) is 19.3 Å². The highest BCUT2D eigenvalue weighted by Crippen LogP contribution is 2.40. The van der Waals surface area contributed by atoms with E-state index in [9.17, 15) is 0 Å². The molecule has 0 saturated heterocycles. The Kier molecular flexibility index (Phi) is 3.16. The fourth-order valence-electron chi connectivity index (χ4n) is 4.89. The van der Waals surface area contributed by atoms with Crippen molar-refractivity contribution in [2.24, 2.45) is 0 Å². The summed E-state index contributed by atoms with van der Waals surface area (Å²) in [6.07, 6.45) is 3.14. The second-order valence-corrected chi connectivity index (χ2v) is 7.78. The minimum Gasteiger partial charge on any atom is -0.0619 e. The molecule has 0 amide bonds. The molecule has 0 aliphatic heterocycles. The van der Waals surface area contributed by atoms with E-state index in [1.807, 2.05) is 0 Å². The summed E-state index contributed by atoms with van der Waals surface area (Å²) in [4.78, 5) is 0. The van der Waals surface area contributed by atoms with Crippen molar-refractivity contribution < 1.29 is 0 Å². The number of benzene rings is 4. The summed E-state index contributed by atoms with van der Waals surface area (Å²) in [5.74, 6) is 0. The molecule has 0 spiro atoms. The van der Waals surface area contributed by atoms with Crippen LogP contribution >= 0.6 is 0 Å². The van der Waals surface area contributed by atoms with E-state index >= 15 is 0 Å². The fraction of sp³-hybridized carbons (Fsp3) is 0.111. The number of rotatable bonds is 2. The van der Waals surface area contributed by atoms with Gasteiger partial charge in [0.2, 0.25) is 0 Å². The van der Waals surface area contributed by atoms with E-state index in [-0.39, 0.29) is 0 Å². The van der Waals surface area contributed by atoms with Crippen molar-refractivity contribution in [1.82, 2.24) is 0 Å². The van der Waals surface area contributed by atoms with Crippen LogP contribution in [0.5, 0.6) is 0 Å². The third-order valence-corrected chi connectivity index (χ3v) is 6.21. The summed E-state index contributed by atoms with van der Waals surface area (Å²) in [5.41, 5.74) is 14.5. The number of hydrogen-bond acceptors (Lipinski definition) is 0. The second kappa shape index (κ2) is 5.69. The molecule has 0 N–H and O–H groups in total. The maximum absolute atomic E-state index is 2.42. The van der Waals surface area contributed by atoms with Crippen LogP contribution in [-0.2, 0) is 19.3 Å². The predicted molar refractivity (Wildman–Crippen MR) is 112 cm³/mol. The van der Waals surface area contributed by atoms with Crippen LogP contribution < -0.4 is 0 Å². The van der Waals surface area contributed by atoms with Crippen LogP contribution in [0.3, 0.4) is 0 Å². The Balaban J connectivity index is 1.40. The molecule has 0 saturated carbocycles. The first-order valence-corrected chi connectivity index (χ1v) is 9.76. The molecule has 6 rings (SSSR count). The van der Waals surface area contributed by atoms with Crippen LogP contribution in [0.15, 0.2) is 84.9 Å². The van der Waals surface area contributed by atoms with Gasteiger partial charge in [-0.25, -0.2) is 0 Å². The monoisotopic (exact) mass is 344 g/mol. The molecule has 4 aromatic carbocycles. The molecule has 0 unspecified atom stereocenters. The zero-order chi connectivity index (χ0) is 17.8. The SMILES string of the molecule is c1ccc2c(c1)Cc1ccc(Cc3cccc4c3Cc3ccccc3-4)cc1-2. The first-order valence-electron chi connectivity index (χ1n) is 9.76. The summed E-state index contributed by atoms with van der Waals surface area (Å²) in [5, 5.41) is 0. The van der Waals surface area contributed by atoms with E-state index in [4.69, 9.17) is 0 Å². The van der Waals surface area contributed by atoms with Crippen LogP contribution in [0.1, 0.15) is 33.4 Å². The summed E-state index contributed by atoms with van der Waals surface area (Å²) in [7, 11) is 0. The summed E-state index contributed by atoms with van der Waals surface area (Å²) >= 11 is 0. The van der Waals surface area contributed by atoms with Gasteiger partial charge in [0.25, 0.3) is 0 Å². The molecule has 0 fully saturated rings. The summed E-state index contributed by atoms with van der Waals surface area (Å²) in [6, 6.07) is 31.6. The third kappa shape index (κ3) is 2.30. The van der Waals surface area contributed by atoms with E-state index < -0.39 is 0 Å². The van der Waals surface area contributed by atoms with Gasteiger partial charge in [-0.2, -0.15) is 0 Å². The Morgan fingerprint density at radius 3 is 2.04 bits per heavy atom. The van der Waals surface area contributed by atoms with Crippen molar-refractivity contribution in [3.05, 3.63) is 118 Å². The van der Waals surface area contributed by atoms with Crippen LogP contribution in [0.25, 0.3) is 22.3 Å². The molecule has 27 heavy (non-hydrogen) atoms. The molecule has 2 aliphatic rings. The standard InChI is InChI=1S/C27H20/c1-4-10-24-20(6-1)16-22-13-12-18(15-26(22)24)14-19-8-5-11-25-23-9-3-2-7-21(23)17-27(19)25/h1-13,15H,14,16-17H2. The zero-order valence-corrected chi connectivity index (χ0v) is 15.2. The van der Waals surface area contributed by atoms with Gasteiger partial charge in [-0.1, -0.05) is 84.9 Å². The quantitative estimate of drug-likeness (QED) is 0.340. The lowest BCUT2D eigenvalue weighted by Gasteiger charge is -2.10. The van der Waals surface area contributed by atoms with E-state index in [1.165, 1.54) is 55.6 Å². The highest BCUT2D eigenvalue weighted by Gasteiger charge is 2.21. The molecule has 0 bridgehead atoms. The van der Waals surface area contributed by atoms with E-state index in [0.29, 0.717) is 0 Å². The Labute approximate surface area is 160 Å². The largest absolute Gasteiger partial charge is 0.0619 e. The Bertz CT molecular complexity index is 1200. The molecular weight excluding hydrogens is 324 g/mol. The molecule has 0 aromatic heterocycles. The van der Waals surface area contributed by atoms with Crippen molar-refractivity contribution in [3.8, 4) is 22.3 Å². The number of hydrogen-bond donors (Lipinski definition) is 0. The average Bonchev–Trinajstić information content (AvgIpc) is 3.27. The lowest BCUT2D eigenvalue weighted by atomic mass is 9.94. The van der Waals surface area contributed by atoms with Crippen molar-refractivity contribution in [2.75, 3.05) is 0 Å². The first kappa shape index (κ1) is 15.0. The van der Waals surface area contributed by atoms with Gasteiger partial charge in [0, 0.05) is 0 Å². The Morgan fingerprint density at radius 1 is 0.519 bits per heavy atom. The fourth-order valence-corrected chi connectivity index (χ4v) is 4.89. The minimum absolute atomic E-state index is 1.01. The maximum atomic E-state index is 2.42. The molecule has 0 nitrogen and oxygen atoms in total. The lowest BCUT2D eigenvalue weighted by Crippen LogP contribution is -1.95. The topological polar surface area (TPSA) is 0 Å².